The molecule has 0 bridgehead atoms. The second-order valence-electron chi connectivity index (χ2n) is 6.05. The molecule has 0 aliphatic heterocycles. The Bertz CT molecular complexity index is 386. The first-order chi connectivity index (χ1) is 8.86. The summed E-state index contributed by atoms with van der Waals surface area (Å²) < 4.78 is 2.36. The zero-order valence-corrected chi connectivity index (χ0v) is 11.1. The van der Waals surface area contributed by atoms with E-state index in [9.17, 15) is 0 Å². The van der Waals surface area contributed by atoms with Gasteiger partial charge in [0.05, 0.1) is 0 Å². The van der Waals surface area contributed by atoms with Crippen molar-refractivity contribution < 1.29 is 0 Å². The van der Waals surface area contributed by atoms with Gasteiger partial charge < -0.3 is 10.3 Å². The lowest BCUT2D eigenvalue weighted by Gasteiger charge is -2.31. The third-order valence-electron chi connectivity index (χ3n) is 4.97. The predicted molar refractivity (Wildman–Crippen MR) is 71.3 cm³/mol. The molecule has 0 unspecified atom stereocenters. The van der Waals surface area contributed by atoms with Crippen LogP contribution in [-0.2, 0) is 5.41 Å². The Morgan fingerprint density at radius 2 is 1.89 bits per heavy atom. The van der Waals surface area contributed by atoms with Crippen molar-refractivity contribution in [2.75, 3.05) is 6.54 Å². The molecule has 100 valence electrons. The highest BCUT2D eigenvalue weighted by Crippen LogP contribution is 2.41. The zero-order chi connectivity index (χ0) is 12.4. The number of aromatic nitrogens is 3. The van der Waals surface area contributed by atoms with Gasteiger partial charge in [0.15, 0.2) is 0 Å². The Morgan fingerprint density at radius 1 is 1.17 bits per heavy atom. The first-order valence-corrected chi connectivity index (χ1v) is 7.46. The van der Waals surface area contributed by atoms with Crippen LogP contribution in [0, 0.1) is 0 Å². The molecule has 18 heavy (non-hydrogen) atoms. The van der Waals surface area contributed by atoms with Crippen LogP contribution in [0.15, 0.2) is 6.33 Å². The molecule has 4 heteroatoms. The van der Waals surface area contributed by atoms with E-state index in [2.05, 4.69) is 14.8 Å². The summed E-state index contributed by atoms with van der Waals surface area (Å²) in [6, 6.07) is 0.618. The Labute approximate surface area is 109 Å². The van der Waals surface area contributed by atoms with Crippen LogP contribution in [0.3, 0.4) is 0 Å². The number of rotatable bonds is 3. The van der Waals surface area contributed by atoms with Crippen LogP contribution >= 0.6 is 0 Å². The van der Waals surface area contributed by atoms with Gasteiger partial charge >= 0.3 is 0 Å². The fraction of sp³-hybridized carbons (Fsp3) is 0.857. The summed E-state index contributed by atoms with van der Waals surface area (Å²) in [5, 5.41) is 8.64. The first kappa shape index (κ1) is 12.2. The van der Waals surface area contributed by atoms with E-state index >= 15 is 0 Å². The molecule has 2 aliphatic carbocycles. The average Bonchev–Trinajstić information content (AvgIpc) is 3.09. The molecule has 1 aromatic rings. The molecule has 4 nitrogen and oxygen atoms in total. The molecule has 0 spiro atoms. The molecule has 0 atom stereocenters. The monoisotopic (exact) mass is 248 g/mol. The molecule has 3 rings (SSSR count). The minimum atomic E-state index is 0.119. The maximum atomic E-state index is 6.08. The van der Waals surface area contributed by atoms with E-state index in [1.54, 1.807) is 0 Å². The summed E-state index contributed by atoms with van der Waals surface area (Å²) >= 11 is 0. The molecule has 1 heterocycles. The van der Waals surface area contributed by atoms with E-state index in [-0.39, 0.29) is 5.41 Å². The van der Waals surface area contributed by atoms with Gasteiger partial charge in [0.1, 0.15) is 12.2 Å². The number of hydrogen-bond acceptors (Lipinski definition) is 3. The summed E-state index contributed by atoms with van der Waals surface area (Å²) in [7, 11) is 0. The standard InChI is InChI=1S/C14H24N4/c15-10-14(8-4-5-9-14)13-17-16-11-18(13)12-6-2-1-3-7-12/h11-12H,1-10,15H2. The summed E-state index contributed by atoms with van der Waals surface area (Å²) in [4.78, 5) is 0. The van der Waals surface area contributed by atoms with Crippen molar-refractivity contribution in [2.45, 2.75) is 69.2 Å². The van der Waals surface area contributed by atoms with Crippen molar-refractivity contribution in [3.05, 3.63) is 12.2 Å². The van der Waals surface area contributed by atoms with Gasteiger partial charge in [0, 0.05) is 18.0 Å². The number of nitrogens with zero attached hydrogens (tertiary/aromatic N) is 3. The highest BCUT2D eigenvalue weighted by atomic mass is 15.3. The molecular formula is C14H24N4. The molecule has 2 N–H and O–H groups in total. The van der Waals surface area contributed by atoms with Crippen molar-refractivity contribution in [1.29, 1.82) is 0 Å². The summed E-state index contributed by atoms with van der Waals surface area (Å²) in [5.74, 6) is 1.18. The van der Waals surface area contributed by atoms with Gasteiger partial charge in [-0.1, -0.05) is 32.1 Å². The van der Waals surface area contributed by atoms with Crippen LogP contribution in [0.5, 0.6) is 0 Å². The molecule has 0 saturated heterocycles. The third-order valence-corrected chi connectivity index (χ3v) is 4.97. The SMILES string of the molecule is NCC1(c2nncn2C2CCCCC2)CCCC1. The van der Waals surface area contributed by atoms with Crippen LogP contribution in [0.1, 0.15) is 69.7 Å². The Balaban J connectivity index is 1.90. The van der Waals surface area contributed by atoms with Crippen LogP contribution < -0.4 is 5.73 Å². The normalized spacial score (nSPS) is 24.5. The quantitative estimate of drug-likeness (QED) is 0.894. The molecule has 2 saturated carbocycles. The summed E-state index contributed by atoms with van der Waals surface area (Å²) in [6.45, 7) is 0.721. The van der Waals surface area contributed by atoms with Crippen LogP contribution in [0.25, 0.3) is 0 Å². The van der Waals surface area contributed by atoms with Gasteiger partial charge in [-0.15, -0.1) is 10.2 Å². The fourth-order valence-corrected chi connectivity index (χ4v) is 3.82. The van der Waals surface area contributed by atoms with E-state index in [0.29, 0.717) is 6.04 Å². The highest BCUT2D eigenvalue weighted by Gasteiger charge is 2.39. The highest BCUT2D eigenvalue weighted by molar-refractivity contribution is 5.13. The van der Waals surface area contributed by atoms with Crippen molar-refractivity contribution in [3.8, 4) is 0 Å². The number of nitrogens with two attached hydrogens (primary N) is 1. The van der Waals surface area contributed by atoms with E-state index < -0.39 is 0 Å². The topological polar surface area (TPSA) is 56.7 Å². The van der Waals surface area contributed by atoms with Crippen molar-refractivity contribution in [2.24, 2.45) is 5.73 Å². The molecule has 0 aromatic carbocycles. The summed E-state index contributed by atoms with van der Waals surface area (Å²) in [5.41, 5.74) is 6.20. The lowest BCUT2D eigenvalue weighted by atomic mass is 9.84. The molecule has 1 aromatic heterocycles. The second kappa shape index (κ2) is 5.00. The maximum Gasteiger partial charge on any atom is 0.140 e. The average molecular weight is 248 g/mol. The first-order valence-electron chi connectivity index (χ1n) is 7.46. The summed E-state index contributed by atoms with van der Waals surface area (Å²) in [6.07, 6.45) is 13.5. The minimum absolute atomic E-state index is 0.119. The molecular weight excluding hydrogens is 224 g/mol. The number of hydrogen-bond donors (Lipinski definition) is 1. The van der Waals surface area contributed by atoms with Crippen molar-refractivity contribution in [1.82, 2.24) is 14.8 Å². The van der Waals surface area contributed by atoms with Gasteiger partial charge in [0.2, 0.25) is 0 Å². The zero-order valence-electron chi connectivity index (χ0n) is 11.1. The van der Waals surface area contributed by atoms with Crippen molar-refractivity contribution >= 4 is 0 Å². The predicted octanol–water partition coefficient (Wildman–Crippen LogP) is 2.55. The molecule has 0 amide bonds. The van der Waals surface area contributed by atoms with E-state index in [1.165, 1.54) is 63.6 Å². The lowest BCUT2D eigenvalue weighted by Crippen LogP contribution is -2.36. The van der Waals surface area contributed by atoms with Gasteiger partial charge in [-0.3, -0.25) is 0 Å². The smallest absolute Gasteiger partial charge is 0.140 e. The third kappa shape index (κ3) is 1.96. The van der Waals surface area contributed by atoms with Gasteiger partial charge in [0.25, 0.3) is 0 Å². The minimum Gasteiger partial charge on any atom is -0.329 e. The maximum absolute atomic E-state index is 6.08. The Morgan fingerprint density at radius 3 is 2.56 bits per heavy atom. The molecule has 2 fully saturated rings. The fourth-order valence-electron chi connectivity index (χ4n) is 3.82. The van der Waals surface area contributed by atoms with E-state index in [0.717, 1.165) is 6.54 Å². The van der Waals surface area contributed by atoms with E-state index in [1.807, 2.05) is 6.33 Å². The van der Waals surface area contributed by atoms with Crippen LogP contribution in [0.2, 0.25) is 0 Å². The van der Waals surface area contributed by atoms with E-state index in [4.69, 9.17) is 5.73 Å². The second-order valence-corrected chi connectivity index (χ2v) is 6.05. The Hall–Kier alpha value is -0.900. The molecule has 2 aliphatic rings. The van der Waals surface area contributed by atoms with Crippen LogP contribution in [-0.4, -0.2) is 21.3 Å². The van der Waals surface area contributed by atoms with Gasteiger partial charge in [-0.05, 0) is 25.7 Å². The van der Waals surface area contributed by atoms with Crippen LogP contribution in [0.4, 0.5) is 0 Å². The largest absolute Gasteiger partial charge is 0.329 e. The molecule has 0 radical (unpaired) electrons. The van der Waals surface area contributed by atoms with Gasteiger partial charge in [-0.25, -0.2) is 0 Å². The van der Waals surface area contributed by atoms with Crippen molar-refractivity contribution in [3.63, 3.8) is 0 Å². The lowest BCUT2D eigenvalue weighted by molar-refractivity contribution is 0.315. The Kier molecular flexibility index (Phi) is 3.37. The van der Waals surface area contributed by atoms with Gasteiger partial charge in [-0.2, -0.15) is 0 Å².